The van der Waals surface area contributed by atoms with Crippen LogP contribution in [0.5, 0.6) is 0 Å². The number of ether oxygens (including phenoxy) is 2. The Bertz CT molecular complexity index is 379. The molecule has 0 bridgehead atoms. The van der Waals surface area contributed by atoms with Gasteiger partial charge < -0.3 is 14.8 Å². The van der Waals surface area contributed by atoms with E-state index in [4.69, 9.17) is 9.47 Å². The fourth-order valence-corrected chi connectivity index (χ4v) is 2.86. The highest BCUT2D eigenvalue weighted by molar-refractivity contribution is 5.82. The van der Waals surface area contributed by atoms with E-state index >= 15 is 0 Å². The molecule has 114 valence electrons. The molecule has 0 atom stereocenters. The van der Waals surface area contributed by atoms with E-state index in [1.165, 1.54) is 6.08 Å². The van der Waals surface area contributed by atoms with Crippen molar-refractivity contribution in [2.75, 3.05) is 13.2 Å². The van der Waals surface area contributed by atoms with E-state index in [9.17, 15) is 18.0 Å². The van der Waals surface area contributed by atoms with E-state index < -0.39 is 23.4 Å². The van der Waals surface area contributed by atoms with Gasteiger partial charge in [0.05, 0.1) is 13.2 Å². The summed E-state index contributed by atoms with van der Waals surface area (Å²) >= 11 is 0. The molecule has 7 heteroatoms. The van der Waals surface area contributed by atoms with Gasteiger partial charge in [-0.15, -0.1) is 6.58 Å². The number of hydrogen-bond donors (Lipinski definition) is 1. The molecule has 1 N–H and O–H groups in total. The zero-order valence-electron chi connectivity index (χ0n) is 11.1. The Labute approximate surface area is 115 Å². The molecule has 1 saturated heterocycles. The number of amides is 1. The second-order valence-electron chi connectivity index (χ2n) is 5.33. The second-order valence-corrected chi connectivity index (χ2v) is 5.33. The molecule has 1 aliphatic heterocycles. The Balaban J connectivity index is 2.04. The summed E-state index contributed by atoms with van der Waals surface area (Å²) in [6, 6.07) is 0. The van der Waals surface area contributed by atoms with Crippen molar-refractivity contribution in [3.63, 3.8) is 0 Å². The quantitative estimate of drug-likeness (QED) is 0.812. The lowest BCUT2D eigenvalue weighted by Gasteiger charge is -2.43. The van der Waals surface area contributed by atoms with Crippen LogP contribution < -0.4 is 5.32 Å². The molecule has 2 rings (SSSR count). The summed E-state index contributed by atoms with van der Waals surface area (Å²) in [4.78, 5) is 11.2. The summed E-state index contributed by atoms with van der Waals surface area (Å²) < 4.78 is 48.3. The van der Waals surface area contributed by atoms with E-state index in [2.05, 4.69) is 11.9 Å². The first-order valence-corrected chi connectivity index (χ1v) is 6.59. The molecule has 0 unspecified atom stereocenters. The van der Waals surface area contributed by atoms with Gasteiger partial charge in [0, 0.05) is 18.4 Å². The minimum atomic E-state index is -4.87. The van der Waals surface area contributed by atoms with Gasteiger partial charge >= 0.3 is 12.1 Å². The Morgan fingerprint density at radius 2 is 1.75 bits per heavy atom. The Kier molecular flexibility index (Phi) is 4.11. The molecule has 2 aliphatic rings. The van der Waals surface area contributed by atoms with Crippen molar-refractivity contribution in [2.45, 2.75) is 49.6 Å². The minimum Gasteiger partial charge on any atom is -0.348 e. The van der Waals surface area contributed by atoms with Crippen LogP contribution in [-0.2, 0) is 14.3 Å². The fraction of sp³-hybridized carbons (Fsp3) is 0.769. The van der Waals surface area contributed by atoms with Crippen molar-refractivity contribution in [3.05, 3.63) is 12.7 Å². The Morgan fingerprint density at radius 1 is 1.20 bits per heavy atom. The van der Waals surface area contributed by atoms with Crippen molar-refractivity contribution >= 4 is 5.91 Å². The smallest absolute Gasteiger partial charge is 0.348 e. The number of carbonyl (C=O) groups is 1. The van der Waals surface area contributed by atoms with E-state index in [-0.39, 0.29) is 0 Å². The van der Waals surface area contributed by atoms with Crippen LogP contribution in [0.3, 0.4) is 0 Å². The summed E-state index contributed by atoms with van der Waals surface area (Å²) in [5.74, 6) is -2.57. The number of nitrogens with one attached hydrogen (secondary N) is 1. The van der Waals surface area contributed by atoms with E-state index in [0.29, 0.717) is 45.3 Å². The topological polar surface area (TPSA) is 47.6 Å². The molecule has 1 heterocycles. The highest BCUT2D eigenvalue weighted by Crippen LogP contribution is 2.42. The summed E-state index contributed by atoms with van der Waals surface area (Å²) in [7, 11) is 0. The predicted octanol–water partition coefficient (Wildman–Crippen LogP) is 2.30. The number of alkyl halides is 3. The first-order chi connectivity index (χ1) is 9.31. The maximum Gasteiger partial charge on any atom is 0.471 e. The molecule has 0 aromatic rings. The van der Waals surface area contributed by atoms with Gasteiger partial charge in [0.2, 0.25) is 0 Å². The molecule has 1 spiro atoms. The lowest BCUT2D eigenvalue weighted by Crippen LogP contribution is -2.56. The van der Waals surface area contributed by atoms with Gasteiger partial charge in [0.15, 0.2) is 5.79 Å². The average Bonchev–Trinajstić information content (AvgIpc) is 2.81. The van der Waals surface area contributed by atoms with Crippen LogP contribution in [0.15, 0.2) is 12.7 Å². The fourth-order valence-electron chi connectivity index (χ4n) is 2.86. The molecule has 1 aliphatic carbocycles. The first-order valence-electron chi connectivity index (χ1n) is 6.59. The molecule has 4 nitrogen and oxygen atoms in total. The zero-order chi connectivity index (χ0) is 14.9. The van der Waals surface area contributed by atoms with Crippen LogP contribution in [0.1, 0.15) is 32.1 Å². The first kappa shape index (κ1) is 15.3. The summed E-state index contributed by atoms with van der Waals surface area (Å²) in [6.45, 7) is 4.57. The number of halogens is 3. The van der Waals surface area contributed by atoms with Crippen molar-refractivity contribution in [1.82, 2.24) is 5.32 Å². The monoisotopic (exact) mass is 293 g/mol. The van der Waals surface area contributed by atoms with Gasteiger partial charge in [0.25, 0.3) is 0 Å². The SMILES string of the molecule is C=CCC1(NC(=O)C(F)(F)F)CCC2(CC1)OCCO2. The third kappa shape index (κ3) is 3.15. The third-order valence-electron chi connectivity index (χ3n) is 3.95. The van der Waals surface area contributed by atoms with E-state index in [1.807, 2.05) is 0 Å². The van der Waals surface area contributed by atoms with Gasteiger partial charge in [-0.3, -0.25) is 4.79 Å². The zero-order valence-corrected chi connectivity index (χ0v) is 11.1. The lowest BCUT2D eigenvalue weighted by molar-refractivity contribution is -0.192. The molecular formula is C13H18F3NO3. The molecule has 0 aromatic heterocycles. The highest BCUT2D eigenvalue weighted by Gasteiger charge is 2.49. The van der Waals surface area contributed by atoms with Gasteiger partial charge in [-0.2, -0.15) is 13.2 Å². The number of carbonyl (C=O) groups excluding carboxylic acids is 1. The van der Waals surface area contributed by atoms with Crippen LogP contribution >= 0.6 is 0 Å². The number of hydrogen-bond acceptors (Lipinski definition) is 3. The molecule has 1 amide bonds. The van der Waals surface area contributed by atoms with Gasteiger partial charge in [-0.1, -0.05) is 6.08 Å². The van der Waals surface area contributed by atoms with E-state index in [1.54, 1.807) is 0 Å². The van der Waals surface area contributed by atoms with Crippen LogP contribution in [0, 0.1) is 0 Å². The van der Waals surface area contributed by atoms with Crippen LogP contribution in [-0.4, -0.2) is 36.6 Å². The van der Waals surface area contributed by atoms with Crippen LogP contribution in [0.25, 0.3) is 0 Å². The van der Waals surface area contributed by atoms with Crippen molar-refractivity contribution in [2.24, 2.45) is 0 Å². The largest absolute Gasteiger partial charge is 0.471 e. The predicted molar refractivity (Wildman–Crippen MR) is 64.8 cm³/mol. The van der Waals surface area contributed by atoms with Crippen molar-refractivity contribution < 1.29 is 27.4 Å². The molecule has 0 aromatic carbocycles. The summed E-state index contributed by atoms with van der Waals surface area (Å²) in [6.07, 6.45) is -1.35. The Morgan fingerprint density at radius 3 is 2.20 bits per heavy atom. The maximum absolute atomic E-state index is 12.4. The van der Waals surface area contributed by atoms with Crippen molar-refractivity contribution in [1.29, 1.82) is 0 Å². The highest BCUT2D eigenvalue weighted by atomic mass is 19.4. The molecule has 1 saturated carbocycles. The standard InChI is InChI=1S/C13H18F3NO3/c1-2-3-11(17-10(18)13(14,15)16)4-6-12(7-5-11)19-8-9-20-12/h2H,1,3-9H2,(H,17,18). The molecule has 20 heavy (non-hydrogen) atoms. The maximum atomic E-state index is 12.4. The third-order valence-corrected chi connectivity index (χ3v) is 3.95. The lowest BCUT2D eigenvalue weighted by atomic mass is 9.76. The van der Waals surface area contributed by atoms with Crippen LogP contribution in [0.2, 0.25) is 0 Å². The van der Waals surface area contributed by atoms with Gasteiger partial charge in [0.1, 0.15) is 0 Å². The second kappa shape index (κ2) is 5.37. The molecule has 0 radical (unpaired) electrons. The van der Waals surface area contributed by atoms with E-state index in [0.717, 1.165) is 0 Å². The van der Waals surface area contributed by atoms with Gasteiger partial charge in [-0.05, 0) is 19.3 Å². The molecule has 2 fully saturated rings. The minimum absolute atomic E-state index is 0.297. The van der Waals surface area contributed by atoms with Gasteiger partial charge in [-0.25, -0.2) is 0 Å². The number of rotatable bonds is 3. The van der Waals surface area contributed by atoms with Crippen LogP contribution in [0.4, 0.5) is 13.2 Å². The summed E-state index contributed by atoms with van der Waals surface area (Å²) in [5.41, 5.74) is -0.908. The average molecular weight is 293 g/mol. The van der Waals surface area contributed by atoms with Crippen molar-refractivity contribution in [3.8, 4) is 0 Å². The summed E-state index contributed by atoms with van der Waals surface area (Å²) in [5, 5.41) is 2.13. The molecular weight excluding hydrogens is 275 g/mol. The Hall–Kier alpha value is -1.08. The normalized spacial score (nSPS) is 24.6.